The van der Waals surface area contributed by atoms with Crippen molar-refractivity contribution in [2.45, 2.75) is 44.8 Å². The third kappa shape index (κ3) is 6.45. The van der Waals surface area contributed by atoms with Crippen LogP contribution in [-0.2, 0) is 0 Å². The fourth-order valence-corrected chi connectivity index (χ4v) is 2.09. The smallest absolute Gasteiger partial charge is 0.119 e. The number of nitrogens with one attached hydrogen (secondary N) is 1. The van der Waals surface area contributed by atoms with Crippen LogP contribution in [0.25, 0.3) is 0 Å². The van der Waals surface area contributed by atoms with Gasteiger partial charge in [-0.15, -0.1) is 0 Å². The molecular weight excluding hydrogens is 242 g/mol. The van der Waals surface area contributed by atoms with Crippen LogP contribution < -0.4 is 10.1 Å². The van der Waals surface area contributed by atoms with Crippen molar-refractivity contribution in [1.82, 2.24) is 0 Å². The average Bonchev–Trinajstić information content (AvgIpc) is 2.39. The predicted molar refractivity (Wildman–Crippen MR) is 77.6 cm³/mol. The van der Waals surface area contributed by atoms with Gasteiger partial charge in [0.1, 0.15) is 5.75 Å². The second kappa shape index (κ2) is 8.77. The summed E-state index contributed by atoms with van der Waals surface area (Å²) in [7, 11) is 1.65. The highest BCUT2D eigenvalue weighted by atomic mass is 16.5. The third-order valence-electron chi connectivity index (χ3n) is 3.05. The Morgan fingerprint density at radius 2 is 1.89 bits per heavy atom. The lowest BCUT2D eigenvalue weighted by Gasteiger charge is -2.21. The van der Waals surface area contributed by atoms with Crippen LogP contribution in [0.5, 0.6) is 5.75 Å². The minimum Gasteiger partial charge on any atom is -0.497 e. The molecule has 0 aliphatic rings. The van der Waals surface area contributed by atoms with Crippen molar-refractivity contribution in [3.63, 3.8) is 0 Å². The molecule has 0 bridgehead atoms. The minimum absolute atomic E-state index is 0.222. The molecule has 1 aromatic carbocycles. The number of methoxy groups -OCH3 is 1. The van der Waals surface area contributed by atoms with Crippen LogP contribution in [0.3, 0.4) is 0 Å². The lowest BCUT2D eigenvalue weighted by atomic mass is 10.0. The molecule has 2 atom stereocenters. The van der Waals surface area contributed by atoms with E-state index in [4.69, 9.17) is 9.84 Å². The van der Waals surface area contributed by atoms with Gasteiger partial charge >= 0.3 is 0 Å². The zero-order chi connectivity index (χ0) is 14.1. The Morgan fingerprint density at radius 1 is 1.21 bits per heavy atom. The van der Waals surface area contributed by atoms with Crippen LogP contribution in [0.4, 0.5) is 5.69 Å². The summed E-state index contributed by atoms with van der Waals surface area (Å²) < 4.78 is 5.12. The number of aliphatic hydroxyl groups is 2. The maximum atomic E-state index is 9.53. The molecule has 1 rings (SSSR count). The zero-order valence-corrected chi connectivity index (χ0v) is 11.8. The van der Waals surface area contributed by atoms with Crippen LogP contribution in [0.2, 0.25) is 0 Å². The molecule has 4 heteroatoms. The molecule has 0 radical (unpaired) electrons. The maximum Gasteiger partial charge on any atom is 0.119 e. The lowest BCUT2D eigenvalue weighted by Crippen LogP contribution is -2.24. The molecule has 19 heavy (non-hydrogen) atoms. The first-order valence-electron chi connectivity index (χ1n) is 6.85. The highest BCUT2D eigenvalue weighted by Gasteiger charge is 2.11. The Morgan fingerprint density at radius 3 is 2.42 bits per heavy atom. The molecule has 0 aliphatic carbocycles. The van der Waals surface area contributed by atoms with Crippen LogP contribution in [-0.4, -0.2) is 36.1 Å². The molecule has 0 heterocycles. The van der Waals surface area contributed by atoms with Gasteiger partial charge in [-0.3, -0.25) is 0 Å². The summed E-state index contributed by atoms with van der Waals surface area (Å²) in [4.78, 5) is 0. The quantitative estimate of drug-likeness (QED) is 0.601. The van der Waals surface area contributed by atoms with Crippen molar-refractivity contribution < 1.29 is 14.9 Å². The van der Waals surface area contributed by atoms with E-state index in [0.29, 0.717) is 6.42 Å². The summed E-state index contributed by atoms with van der Waals surface area (Å²) in [5.41, 5.74) is 1.02. The predicted octanol–water partition coefficient (Wildman–Crippen LogP) is 2.41. The Kier molecular flexibility index (Phi) is 7.30. The first-order chi connectivity index (χ1) is 9.15. The van der Waals surface area contributed by atoms with Crippen LogP contribution >= 0.6 is 0 Å². The summed E-state index contributed by atoms with van der Waals surface area (Å²) in [6.07, 6.45) is 3.08. The third-order valence-corrected chi connectivity index (χ3v) is 3.05. The van der Waals surface area contributed by atoms with Crippen LogP contribution in [0.15, 0.2) is 24.3 Å². The number of hydrogen-bond acceptors (Lipinski definition) is 4. The van der Waals surface area contributed by atoms with E-state index in [2.05, 4.69) is 5.32 Å². The number of ether oxygens (including phenoxy) is 1. The SMILES string of the molecule is COc1ccc(NC(CCCCO)CC(C)O)cc1. The number of benzene rings is 1. The Labute approximate surface area is 115 Å². The fraction of sp³-hybridized carbons (Fsp3) is 0.600. The molecule has 0 spiro atoms. The first-order valence-corrected chi connectivity index (χ1v) is 6.85. The average molecular weight is 267 g/mol. The molecule has 0 aliphatic heterocycles. The number of anilines is 1. The molecule has 1 aromatic rings. The molecule has 0 amide bonds. The van der Waals surface area contributed by atoms with Gasteiger partial charge in [0.05, 0.1) is 13.2 Å². The van der Waals surface area contributed by atoms with Gasteiger partial charge < -0.3 is 20.3 Å². The molecule has 0 aromatic heterocycles. The van der Waals surface area contributed by atoms with E-state index in [9.17, 15) is 5.11 Å². The summed E-state index contributed by atoms with van der Waals surface area (Å²) in [6, 6.07) is 7.99. The highest BCUT2D eigenvalue weighted by Crippen LogP contribution is 2.18. The van der Waals surface area contributed by atoms with Crippen molar-refractivity contribution in [1.29, 1.82) is 0 Å². The lowest BCUT2D eigenvalue weighted by molar-refractivity contribution is 0.175. The second-order valence-electron chi connectivity index (χ2n) is 4.87. The Balaban J connectivity index is 2.53. The second-order valence-corrected chi connectivity index (χ2v) is 4.87. The number of unbranched alkanes of at least 4 members (excludes halogenated alkanes) is 1. The molecular formula is C15H25NO3. The molecule has 0 saturated heterocycles. The Hall–Kier alpha value is -1.26. The molecule has 3 N–H and O–H groups in total. The topological polar surface area (TPSA) is 61.7 Å². The largest absolute Gasteiger partial charge is 0.497 e. The normalized spacial score (nSPS) is 13.9. The van der Waals surface area contributed by atoms with Gasteiger partial charge in [0.2, 0.25) is 0 Å². The van der Waals surface area contributed by atoms with Crippen LogP contribution in [0.1, 0.15) is 32.6 Å². The first kappa shape index (κ1) is 15.8. The summed E-state index contributed by atoms with van der Waals surface area (Å²) in [5, 5.41) is 21.8. The molecule has 0 fully saturated rings. The van der Waals surface area contributed by atoms with E-state index >= 15 is 0 Å². The van der Waals surface area contributed by atoms with E-state index in [1.807, 2.05) is 24.3 Å². The summed E-state index contributed by atoms with van der Waals surface area (Å²) in [6.45, 7) is 2.03. The van der Waals surface area contributed by atoms with Gasteiger partial charge in [0.15, 0.2) is 0 Å². The van der Waals surface area contributed by atoms with Gasteiger partial charge in [-0.05, 0) is 56.9 Å². The van der Waals surface area contributed by atoms with Gasteiger partial charge in [-0.25, -0.2) is 0 Å². The number of rotatable bonds is 9. The Bertz CT molecular complexity index is 338. The standard InChI is InChI=1S/C15H25NO3/c1-12(18)11-14(5-3-4-10-17)16-13-6-8-15(19-2)9-7-13/h6-9,12,14,16-18H,3-5,10-11H2,1-2H3. The van der Waals surface area contributed by atoms with Crippen LogP contribution in [0, 0.1) is 0 Å². The van der Waals surface area contributed by atoms with E-state index in [0.717, 1.165) is 30.7 Å². The maximum absolute atomic E-state index is 9.53. The summed E-state index contributed by atoms with van der Waals surface area (Å²) >= 11 is 0. The van der Waals surface area contributed by atoms with Crippen molar-refractivity contribution in [3.05, 3.63) is 24.3 Å². The number of hydrogen-bond donors (Lipinski definition) is 3. The fourth-order valence-electron chi connectivity index (χ4n) is 2.09. The van der Waals surface area contributed by atoms with E-state index in [-0.39, 0.29) is 18.8 Å². The van der Waals surface area contributed by atoms with Crippen molar-refractivity contribution in [3.8, 4) is 5.75 Å². The highest BCUT2D eigenvalue weighted by molar-refractivity contribution is 5.47. The van der Waals surface area contributed by atoms with Crippen molar-refractivity contribution in [2.75, 3.05) is 19.0 Å². The van der Waals surface area contributed by atoms with E-state index in [1.54, 1.807) is 14.0 Å². The minimum atomic E-state index is -0.329. The van der Waals surface area contributed by atoms with Gasteiger partial charge in [-0.1, -0.05) is 0 Å². The van der Waals surface area contributed by atoms with Gasteiger partial charge in [-0.2, -0.15) is 0 Å². The molecule has 108 valence electrons. The monoisotopic (exact) mass is 267 g/mol. The van der Waals surface area contributed by atoms with Crippen molar-refractivity contribution in [2.24, 2.45) is 0 Å². The van der Waals surface area contributed by atoms with Crippen molar-refractivity contribution >= 4 is 5.69 Å². The van der Waals surface area contributed by atoms with E-state index < -0.39 is 0 Å². The van der Waals surface area contributed by atoms with Gasteiger partial charge in [0.25, 0.3) is 0 Å². The molecule has 2 unspecified atom stereocenters. The zero-order valence-electron chi connectivity index (χ0n) is 11.8. The molecule has 0 saturated carbocycles. The van der Waals surface area contributed by atoms with Gasteiger partial charge in [0, 0.05) is 18.3 Å². The molecule has 4 nitrogen and oxygen atoms in total. The number of aliphatic hydroxyl groups excluding tert-OH is 2. The van der Waals surface area contributed by atoms with E-state index in [1.165, 1.54) is 0 Å². The summed E-state index contributed by atoms with van der Waals surface area (Å²) in [5.74, 6) is 0.831.